The highest BCUT2D eigenvalue weighted by Gasteiger charge is 2.18. The number of nitrogens with one attached hydrogen (secondary N) is 1. The first kappa shape index (κ1) is 19.2. The molecule has 0 radical (unpaired) electrons. The average Bonchev–Trinajstić information content (AvgIpc) is 3.11. The predicted octanol–water partition coefficient (Wildman–Crippen LogP) is 4.89. The first-order valence-electron chi connectivity index (χ1n) is 9.23. The average molecular weight is 380 g/mol. The molecule has 0 unspecified atom stereocenters. The van der Waals surface area contributed by atoms with Gasteiger partial charge in [-0.3, -0.25) is 9.36 Å². The molecule has 140 valence electrons. The molecule has 0 aliphatic heterocycles. The zero-order chi connectivity index (χ0) is 19.2. The van der Waals surface area contributed by atoms with Crippen LogP contribution in [-0.2, 0) is 4.79 Å². The number of hydrogen-bond acceptors (Lipinski definition) is 3. The lowest BCUT2D eigenvalue weighted by Gasteiger charge is -2.18. The number of carbonyl (C=O) groups excluding carboxylic acids is 1. The van der Waals surface area contributed by atoms with Gasteiger partial charge in [0, 0.05) is 12.1 Å². The van der Waals surface area contributed by atoms with Crippen molar-refractivity contribution in [1.29, 1.82) is 0 Å². The number of hydrogen-bond donors (Lipinski definition) is 1. The van der Waals surface area contributed by atoms with E-state index in [2.05, 4.69) is 59.0 Å². The van der Waals surface area contributed by atoms with Crippen molar-refractivity contribution in [3.05, 3.63) is 66.4 Å². The SMILES string of the molecule is CCNC(=O)CSc1ncc(-c2ccccc2)n1-c1ccccc1C(C)C. The van der Waals surface area contributed by atoms with Crippen LogP contribution in [0, 0.1) is 0 Å². The maximum Gasteiger partial charge on any atom is 0.230 e. The van der Waals surface area contributed by atoms with Gasteiger partial charge in [-0.05, 0) is 24.5 Å². The number of para-hydroxylation sites is 1. The minimum Gasteiger partial charge on any atom is -0.356 e. The summed E-state index contributed by atoms with van der Waals surface area (Å²) in [5.41, 5.74) is 4.50. The second-order valence-corrected chi connectivity index (χ2v) is 7.53. The lowest BCUT2D eigenvalue weighted by atomic mass is 10.0. The molecule has 0 aliphatic carbocycles. The van der Waals surface area contributed by atoms with E-state index in [0.717, 1.165) is 22.1 Å². The standard InChI is InChI=1S/C22H25N3OS/c1-4-23-21(26)15-27-22-24-14-20(17-10-6-5-7-11-17)25(22)19-13-9-8-12-18(19)16(2)3/h5-14,16H,4,15H2,1-3H3,(H,23,26). The summed E-state index contributed by atoms with van der Waals surface area (Å²) in [7, 11) is 0. The summed E-state index contributed by atoms with van der Waals surface area (Å²) in [5, 5.41) is 3.67. The molecule has 5 heteroatoms. The van der Waals surface area contributed by atoms with Crippen molar-refractivity contribution < 1.29 is 4.79 Å². The molecule has 1 heterocycles. The van der Waals surface area contributed by atoms with Crippen LogP contribution < -0.4 is 5.32 Å². The zero-order valence-corrected chi connectivity index (χ0v) is 16.8. The van der Waals surface area contributed by atoms with Crippen LogP contribution >= 0.6 is 11.8 Å². The molecule has 1 amide bonds. The molecule has 1 aromatic heterocycles. The van der Waals surface area contributed by atoms with Crippen LogP contribution in [0.4, 0.5) is 0 Å². The van der Waals surface area contributed by atoms with Crippen LogP contribution in [0.3, 0.4) is 0 Å². The van der Waals surface area contributed by atoms with E-state index < -0.39 is 0 Å². The Kier molecular flexibility index (Phi) is 6.35. The molecule has 0 fully saturated rings. The lowest BCUT2D eigenvalue weighted by molar-refractivity contribution is -0.118. The Morgan fingerprint density at radius 1 is 1.11 bits per heavy atom. The van der Waals surface area contributed by atoms with Gasteiger partial charge in [0.1, 0.15) is 0 Å². The molecule has 27 heavy (non-hydrogen) atoms. The number of nitrogens with zero attached hydrogens (tertiary/aromatic N) is 2. The molecule has 3 rings (SSSR count). The molecule has 4 nitrogen and oxygen atoms in total. The fraction of sp³-hybridized carbons (Fsp3) is 0.273. The molecule has 0 spiro atoms. The maximum atomic E-state index is 11.9. The van der Waals surface area contributed by atoms with Gasteiger partial charge in [0.2, 0.25) is 5.91 Å². The number of thioether (sulfide) groups is 1. The highest BCUT2D eigenvalue weighted by Crippen LogP contribution is 2.33. The monoisotopic (exact) mass is 379 g/mol. The number of amides is 1. The van der Waals surface area contributed by atoms with Gasteiger partial charge >= 0.3 is 0 Å². The van der Waals surface area contributed by atoms with E-state index in [9.17, 15) is 4.79 Å². The Morgan fingerprint density at radius 3 is 2.52 bits per heavy atom. The molecular weight excluding hydrogens is 354 g/mol. The zero-order valence-electron chi connectivity index (χ0n) is 16.0. The second kappa shape index (κ2) is 8.91. The third-order valence-electron chi connectivity index (χ3n) is 4.30. The first-order valence-corrected chi connectivity index (χ1v) is 10.2. The van der Waals surface area contributed by atoms with E-state index in [-0.39, 0.29) is 5.91 Å². The lowest BCUT2D eigenvalue weighted by Crippen LogP contribution is -2.24. The summed E-state index contributed by atoms with van der Waals surface area (Å²) in [6.07, 6.45) is 1.90. The van der Waals surface area contributed by atoms with Crippen molar-refractivity contribution in [2.24, 2.45) is 0 Å². The number of imidazole rings is 1. The summed E-state index contributed by atoms with van der Waals surface area (Å²) < 4.78 is 2.18. The van der Waals surface area contributed by atoms with E-state index >= 15 is 0 Å². The molecule has 0 aliphatic rings. The van der Waals surface area contributed by atoms with Crippen LogP contribution in [0.15, 0.2) is 66.0 Å². The predicted molar refractivity (Wildman–Crippen MR) is 112 cm³/mol. The largest absolute Gasteiger partial charge is 0.356 e. The fourth-order valence-electron chi connectivity index (χ4n) is 3.04. The molecule has 3 aromatic rings. The number of rotatable bonds is 7. The van der Waals surface area contributed by atoms with Crippen molar-refractivity contribution >= 4 is 17.7 Å². The Morgan fingerprint density at radius 2 is 1.81 bits per heavy atom. The molecule has 0 atom stereocenters. The van der Waals surface area contributed by atoms with Gasteiger partial charge in [-0.25, -0.2) is 4.98 Å². The van der Waals surface area contributed by atoms with Gasteiger partial charge in [-0.1, -0.05) is 74.1 Å². The van der Waals surface area contributed by atoms with Crippen LogP contribution in [-0.4, -0.2) is 27.8 Å². The van der Waals surface area contributed by atoms with Gasteiger partial charge in [0.15, 0.2) is 5.16 Å². The van der Waals surface area contributed by atoms with Crippen molar-refractivity contribution in [1.82, 2.24) is 14.9 Å². The molecular formula is C22H25N3OS. The van der Waals surface area contributed by atoms with Gasteiger partial charge in [0.25, 0.3) is 0 Å². The smallest absolute Gasteiger partial charge is 0.230 e. The molecule has 0 bridgehead atoms. The summed E-state index contributed by atoms with van der Waals surface area (Å²) in [6, 6.07) is 18.6. The van der Waals surface area contributed by atoms with Crippen molar-refractivity contribution in [3.63, 3.8) is 0 Å². The van der Waals surface area contributed by atoms with E-state index in [4.69, 9.17) is 0 Å². The maximum absolute atomic E-state index is 11.9. The molecule has 0 saturated heterocycles. The second-order valence-electron chi connectivity index (χ2n) is 6.58. The summed E-state index contributed by atoms with van der Waals surface area (Å²) >= 11 is 1.47. The van der Waals surface area contributed by atoms with Crippen molar-refractivity contribution in [2.75, 3.05) is 12.3 Å². The Hall–Kier alpha value is -2.53. The summed E-state index contributed by atoms with van der Waals surface area (Å²) in [5.74, 6) is 0.757. The van der Waals surface area contributed by atoms with Gasteiger partial charge in [-0.15, -0.1) is 0 Å². The fourth-order valence-corrected chi connectivity index (χ4v) is 3.86. The topological polar surface area (TPSA) is 46.9 Å². The number of benzene rings is 2. The summed E-state index contributed by atoms with van der Waals surface area (Å²) in [6.45, 7) is 6.95. The van der Waals surface area contributed by atoms with Crippen molar-refractivity contribution in [2.45, 2.75) is 31.8 Å². The van der Waals surface area contributed by atoms with Crippen molar-refractivity contribution in [3.8, 4) is 16.9 Å². The van der Waals surface area contributed by atoms with E-state index in [1.54, 1.807) is 0 Å². The van der Waals surface area contributed by atoms with Crippen LogP contribution in [0.2, 0.25) is 0 Å². The molecule has 2 aromatic carbocycles. The Balaban J connectivity index is 2.09. The number of aromatic nitrogens is 2. The molecule has 1 N–H and O–H groups in total. The van der Waals surface area contributed by atoms with E-state index in [0.29, 0.717) is 18.2 Å². The van der Waals surface area contributed by atoms with E-state index in [1.165, 1.54) is 17.3 Å². The normalized spacial score (nSPS) is 11.0. The van der Waals surface area contributed by atoms with Crippen LogP contribution in [0.5, 0.6) is 0 Å². The minimum atomic E-state index is 0.0236. The Bertz CT molecular complexity index is 903. The van der Waals surface area contributed by atoms with Gasteiger partial charge in [-0.2, -0.15) is 0 Å². The highest BCUT2D eigenvalue weighted by molar-refractivity contribution is 7.99. The van der Waals surface area contributed by atoms with Crippen LogP contribution in [0.25, 0.3) is 16.9 Å². The highest BCUT2D eigenvalue weighted by atomic mass is 32.2. The molecule has 0 saturated carbocycles. The third kappa shape index (κ3) is 4.42. The van der Waals surface area contributed by atoms with Gasteiger partial charge in [0.05, 0.1) is 23.3 Å². The first-order chi connectivity index (χ1) is 13.1. The van der Waals surface area contributed by atoms with Crippen LogP contribution in [0.1, 0.15) is 32.3 Å². The third-order valence-corrected chi connectivity index (χ3v) is 5.26. The van der Waals surface area contributed by atoms with E-state index in [1.807, 2.05) is 37.4 Å². The Labute approximate surface area is 165 Å². The minimum absolute atomic E-state index is 0.0236. The number of carbonyl (C=O) groups is 1. The van der Waals surface area contributed by atoms with Gasteiger partial charge < -0.3 is 5.32 Å². The quantitative estimate of drug-likeness (QED) is 0.595. The summed E-state index contributed by atoms with van der Waals surface area (Å²) in [4.78, 5) is 16.6.